The maximum atomic E-state index is 9.22. The Labute approximate surface area is 110 Å². The molecule has 0 unspecified atom stereocenters. The first-order chi connectivity index (χ1) is 8.74. The van der Waals surface area contributed by atoms with Crippen LogP contribution in [0.5, 0.6) is 5.75 Å². The lowest BCUT2D eigenvalue weighted by Gasteiger charge is -2.03. The van der Waals surface area contributed by atoms with E-state index in [1.807, 2.05) is 36.6 Å². The average Bonchev–Trinajstić information content (AvgIpc) is 2.83. The monoisotopic (exact) mass is 256 g/mol. The van der Waals surface area contributed by atoms with Crippen molar-refractivity contribution in [2.24, 2.45) is 0 Å². The summed E-state index contributed by atoms with van der Waals surface area (Å²) in [4.78, 5) is 4.32. The number of para-hydroxylation sites is 1. The number of rotatable bonds is 3. The highest BCUT2D eigenvalue weighted by Gasteiger charge is 2.07. The SMILES string of the molecule is COc1ccccc1/C=C(\C#N)c1nc(C)cs1. The molecule has 0 saturated heterocycles. The summed E-state index contributed by atoms with van der Waals surface area (Å²) in [5.41, 5.74) is 2.36. The second kappa shape index (κ2) is 5.48. The third-order valence-electron chi connectivity index (χ3n) is 2.41. The number of methoxy groups -OCH3 is 1. The van der Waals surface area contributed by atoms with Gasteiger partial charge in [0.25, 0.3) is 0 Å². The molecular formula is C14H12N2OS. The topological polar surface area (TPSA) is 45.9 Å². The van der Waals surface area contributed by atoms with E-state index in [1.165, 1.54) is 11.3 Å². The number of aromatic nitrogens is 1. The molecule has 0 bridgehead atoms. The molecule has 4 heteroatoms. The number of thiazole rings is 1. The zero-order chi connectivity index (χ0) is 13.0. The van der Waals surface area contributed by atoms with E-state index in [2.05, 4.69) is 11.1 Å². The maximum Gasteiger partial charge on any atom is 0.134 e. The Bertz CT molecular complexity index is 623. The highest BCUT2D eigenvalue weighted by atomic mass is 32.1. The first-order valence-electron chi connectivity index (χ1n) is 5.42. The molecule has 0 atom stereocenters. The second-order valence-electron chi connectivity index (χ2n) is 3.71. The fourth-order valence-corrected chi connectivity index (χ4v) is 2.32. The maximum absolute atomic E-state index is 9.22. The lowest BCUT2D eigenvalue weighted by molar-refractivity contribution is 0.414. The van der Waals surface area contributed by atoms with E-state index < -0.39 is 0 Å². The molecule has 0 fully saturated rings. The first-order valence-corrected chi connectivity index (χ1v) is 6.30. The van der Waals surface area contributed by atoms with Crippen molar-refractivity contribution in [3.63, 3.8) is 0 Å². The molecule has 0 amide bonds. The molecule has 0 aliphatic carbocycles. The summed E-state index contributed by atoms with van der Waals surface area (Å²) in [7, 11) is 1.62. The van der Waals surface area contributed by atoms with Crippen LogP contribution in [0.2, 0.25) is 0 Å². The van der Waals surface area contributed by atoms with Gasteiger partial charge in [-0.2, -0.15) is 5.26 Å². The van der Waals surface area contributed by atoms with Gasteiger partial charge in [-0.15, -0.1) is 11.3 Å². The van der Waals surface area contributed by atoms with E-state index in [0.29, 0.717) is 5.57 Å². The normalized spacial score (nSPS) is 11.1. The van der Waals surface area contributed by atoms with E-state index in [9.17, 15) is 5.26 Å². The summed E-state index contributed by atoms with van der Waals surface area (Å²) < 4.78 is 5.26. The van der Waals surface area contributed by atoms with E-state index in [1.54, 1.807) is 13.2 Å². The minimum atomic E-state index is 0.553. The molecule has 1 aromatic heterocycles. The number of nitriles is 1. The summed E-state index contributed by atoms with van der Waals surface area (Å²) in [6, 6.07) is 9.78. The van der Waals surface area contributed by atoms with Crippen LogP contribution in [0.25, 0.3) is 11.6 Å². The summed E-state index contributed by atoms with van der Waals surface area (Å²) in [6.45, 7) is 1.91. The lowest BCUT2D eigenvalue weighted by atomic mass is 10.1. The predicted octanol–water partition coefficient (Wildman–Crippen LogP) is 3.52. The van der Waals surface area contributed by atoms with Gasteiger partial charge in [-0.25, -0.2) is 4.98 Å². The van der Waals surface area contributed by atoms with Crippen LogP contribution in [0.3, 0.4) is 0 Å². The van der Waals surface area contributed by atoms with Crippen LogP contribution in [0.15, 0.2) is 29.6 Å². The Kier molecular flexibility index (Phi) is 3.75. The molecule has 1 aromatic carbocycles. The number of aryl methyl sites for hydroxylation is 1. The largest absolute Gasteiger partial charge is 0.496 e. The number of nitrogens with zero attached hydrogens (tertiary/aromatic N) is 2. The zero-order valence-corrected chi connectivity index (χ0v) is 11.0. The van der Waals surface area contributed by atoms with Crippen LogP contribution in [-0.2, 0) is 0 Å². The molecular weight excluding hydrogens is 244 g/mol. The lowest BCUT2D eigenvalue weighted by Crippen LogP contribution is -1.87. The molecule has 0 aliphatic heterocycles. The zero-order valence-electron chi connectivity index (χ0n) is 10.2. The summed E-state index contributed by atoms with van der Waals surface area (Å²) in [6.07, 6.45) is 1.80. The van der Waals surface area contributed by atoms with Crippen molar-refractivity contribution in [1.82, 2.24) is 4.98 Å². The Hall–Kier alpha value is -2.12. The van der Waals surface area contributed by atoms with Crippen LogP contribution in [-0.4, -0.2) is 12.1 Å². The molecule has 0 spiro atoms. The highest BCUT2D eigenvalue weighted by Crippen LogP contribution is 2.25. The fraction of sp³-hybridized carbons (Fsp3) is 0.143. The van der Waals surface area contributed by atoms with Gasteiger partial charge in [-0.3, -0.25) is 0 Å². The summed E-state index contributed by atoms with van der Waals surface area (Å²) >= 11 is 1.47. The highest BCUT2D eigenvalue weighted by molar-refractivity contribution is 7.11. The average molecular weight is 256 g/mol. The molecule has 1 heterocycles. The minimum Gasteiger partial charge on any atom is -0.496 e. The number of allylic oxidation sites excluding steroid dienone is 1. The van der Waals surface area contributed by atoms with Crippen LogP contribution in [0.4, 0.5) is 0 Å². The number of hydrogen-bond donors (Lipinski definition) is 0. The van der Waals surface area contributed by atoms with Crippen molar-refractivity contribution in [3.05, 3.63) is 45.9 Å². The van der Waals surface area contributed by atoms with Gasteiger partial charge in [0.2, 0.25) is 0 Å². The van der Waals surface area contributed by atoms with Gasteiger partial charge < -0.3 is 4.74 Å². The fourth-order valence-electron chi connectivity index (χ4n) is 1.56. The Morgan fingerprint density at radius 2 is 2.22 bits per heavy atom. The quantitative estimate of drug-likeness (QED) is 0.789. The molecule has 3 nitrogen and oxygen atoms in total. The minimum absolute atomic E-state index is 0.553. The van der Waals surface area contributed by atoms with Crippen molar-refractivity contribution in [3.8, 4) is 11.8 Å². The van der Waals surface area contributed by atoms with Gasteiger partial charge in [-0.05, 0) is 19.1 Å². The second-order valence-corrected chi connectivity index (χ2v) is 4.56. The smallest absolute Gasteiger partial charge is 0.134 e. The molecule has 90 valence electrons. The third-order valence-corrected chi connectivity index (χ3v) is 3.40. The van der Waals surface area contributed by atoms with Gasteiger partial charge in [0.1, 0.15) is 16.8 Å². The van der Waals surface area contributed by atoms with Crippen molar-refractivity contribution in [2.75, 3.05) is 7.11 Å². The molecule has 0 N–H and O–H groups in total. The van der Waals surface area contributed by atoms with Crippen molar-refractivity contribution < 1.29 is 4.74 Å². The van der Waals surface area contributed by atoms with Crippen LogP contribution in [0.1, 0.15) is 16.3 Å². The Morgan fingerprint density at radius 1 is 1.44 bits per heavy atom. The Morgan fingerprint density at radius 3 is 2.83 bits per heavy atom. The van der Waals surface area contributed by atoms with E-state index >= 15 is 0 Å². The standard InChI is InChI=1S/C14H12N2OS/c1-10-9-18-14(16-10)12(8-15)7-11-5-3-4-6-13(11)17-2/h3-7,9H,1-2H3/b12-7+. The summed E-state index contributed by atoms with van der Waals surface area (Å²) in [5, 5.41) is 11.9. The van der Waals surface area contributed by atoms with Gasteiger partial charge in [0, 0.05) is 16.6 Å². The van der Waals surface area contributed by atoms with Gasteiger partial charge >= 0.3 is 0 Å². The number of ether oxygens (including phenoxy) is 1. The number of benzene rings is 1. The van der Waals surface area contributed by atoms with Crippen molar-refractivity contribution in [2.45, 2.75) is 6.92 Å². The van der Waals surface area contributed by atoms with Crippen molar-refractivity contribution in [1.29, 1.82) is 5.26 Å². The third kappa shape index (κ3) is 2.58. The van der Waals surface area contributed by atoms with Crippen LogP contribution < -0.4 is 4.74 Å². The van der Waals surface area contributed by atoms with Crippen molar-refractivity contribution >= 4 is 23.0 Å². The predicted molar refractivity (Wildman–Crippen MR) is 73.3 cm³/mol. The molecule has 2 rings (SSSR count). The van der Waals surface area contributed by atoms with Crippen LogP contribution in [0, 0.1) is 18.3 Å². The van der Waals surface area contributed by atoms with Gasteiger partial charge in [-0.1, -0.05) is 18.2 Å². The summed E-state index contributed by atoms with van der Waals surface area (Å²) in [5.74, 6) is 0.749. The van der Waals surface area contributed by atoms with E-state index in [0.717, 1.165) is 22.0 Å². The molecule has 2 aromatic rings. The number of hydrogen-bond acceptors (Lipinski definition) is 4. The molecule has 0 radical (unpaired) electrons. The van der Waals surface area contributed by atoms with Gasteiger partial charge in [0.15, 0.2) is 0 Å². The van der Waals surface area contributed by atoms with Gasteiger partial charge in [0.05, 0.1) is 12.7 Å². The van der Waals surface area contributed by atoms with Crippen LogP contribution >= 0.6 is 11.3 Å². The molecule has 0 aliphatic rings. The first kappa shape index (κ1) is 12.3. The van der Waals surface area contributed by atoms with E-state index in [4.69, 9.17) is 4.74 Å². The van der Waals surface area contributed by atoms with E-state index in [-0.39, 0.29) is 0 Å². The molecule has 0 saturated carbocycles. The molecule has 18 heavy (non-hydrogen) atoms. The Balaban J connectivity index is 2.45.